The number of halogens is 1. The molecule has 1 saturated heterocycles. The zero-order chi connectivity index (χ0) is 19.4. The number of carbonyl (C=O) groups is 1. The molecule has 140 valence electrons. The van der Waals surface area contributed by atoms with Crippen molar-refractivity contribution in [3.05, 3.63) is 33.4 Å². The van der Waals surface area contributed by atoms with Crippen LogP contribution < -0.4 is 16.1 Å². The van der Waals surface area contributed by atoms with Crippen molar-refractivity contribution >= 4 is 22.8 Å². The lowest BCUT2D eigenvalue weighted by Gasteiger charge is -2.27. The van der Waals surface area contributed by atoms with E-state index in [0.29, 0.717) is 13.1 Å². The number of aryl methyl sites for hydroxylation is 1. The highest BCUT2D eigenvalue weighted by molar-refractivity contribution is 5.93. The Bertz CT molecular complexity index is 962. The van der Waals surface area contributed by atoms with E-state index in [1.165, 1.54) is 13.1 Å². The number of nitrogens with two attached hydrogens (primary N) is 1. The molecule has 0 amide bonds. The summed E-state index contributed by atoms with van der Waals surface area (Å²) in [6, 6.07) is -0.0496. The molecule has 8 heteroatoms. The van der Waals surface area contributed by atoms with E-state index in [1.807, 2.05) is 20.8 Å². The van der Waals surface area contributed by atoms with Crippen LogP contribution in [-0.2, 0) is 5.54 Å². The number of pyridine rings is 2. The lowest BCUT2D eigenvalue weighted by Crippen LogP contribution is -2.31. The van der Waals surface area contributed by atoms with Gasteiger partial charge in [-0.05, 0) is 34.1 Å². The third kappa shape index (κ3) is 2.84. The Kier molecular flexibility index (Phi) is 4.26. The maximum absolute atomic E-state index is 15.0. The minimum atomic E-state index is -1.34. The topological polar surface area (TPSA) is 101 Å². The third-order valence-corrected chi connectivity index (χ3v) is 4.77. The van der Waals surface area contributed by atoms with Gasteiger partial charge in [-0.1, -0.05) is 0 Å². The number of hydrogen-bond donors (Lipinski definition) is 2. The molecule has 3 heterocycles. The maximum Gasteiger partial charge on any atom is 0.341 e. The molecule has 0 saturated carbocycles. The predicted molar refractivity (Wildman–Crippen MR) is 97.5 cm³/mol. The van der Waals surface area contributed by atoms with Crippen molar-refractivity contribution in [2.75, 3.05) is 18.0 Å². The largest absolute Gasteiger partial charge is 0.477 e. The van der Waals surface area contributed by atoms with Gasteiger partial charge in [0.05, 0.1) is 5.39 Å². The summed E-state index contributed by atoms with van der Waals surface area (Å²) in [4.78, 5) is 30.4. The summed E-state index contributed by atoms with van der Waals surface area (Å²) in [5.74, 6) is -1.79. The van der Waals surface area contributed by atoms with E-state index >= 15 is 4.39 Å². The number of nitrogens with zero attached hydrogens (tertiary/aromatic N) is 3. The Morgan fingerprint density at radius 1 is 1.42 bits per heavy atom. The smallest absolute Gasteiger partial charge is 0.341 e. The lowest BCUT2D eigenvalue weighted by molar-refractivity contribution is 0.0694. The zero-order valence-electron chi connectivity index (χ0n) is 15.3. The number of anilines is 1. The molecule has 2 aromatic heterocycles. The lowest BCUT2D eigenvalue weighted by atomic mass is 10.0. The van der Waals surface area contributed by atoms with Crippen molar-refractivity contribution < 1.29 is 14.3 Å². The fourth-order valence-corrected chi connectivity index (χ4v) is 3.33. The Hall–Kier alpha value is -2.48. The summed E-state index contributed by atoms with van der Waals surface area (Å²) < 4.78 is 16.6. The van der Waals surface area contributed by atoms with Gasteiger partial charge in [-0.3, -0.25) is 4.79 Å². The fourth-order valence-electron chi connectivity index (χ4n) is 3.33. The Morgan fingerprint density at radius 2 is 2.08 bits per heavy atom. The molecule has 1 aliphatic heterocycles. The number of rotatable bonds is 2. The van der Waals surface area contributed by atoms with Crippen LogP contribution in [0.15, 0.2) is 11.0 Å². The van der Waals surface area contributed by atoms with Gasteiger partial charge in [-0.2, -0.15) is 0 Å². The number of carboxylic acid groups (broad SMARTS) is 1. The van der Waals surface area contributed by atoms with Gasteiger partial charge < -0.3 is 20.3 Å². The van der Waals surface area contributed by atoms with E-state index < -0.39 is 28.3 Å². The summed E-state index contributed by atoms with van der Waals surface area (Å²) in [7, 11) is 0. The van der Waals surface area contributed by atoms with Gasteiger partial charge in [-0.15, -0.1) is 0 Å². The van der Waals surface area contributed by atoms with E-state index in [2.05, 4.69) is 4.98 Å². The van der Waals surface area contributed by atoms with E-state index in [1.54, 1.807) is 9.47 Å². The third-order valence-electron chi connectivity index (χ3n) is 4.77. The van der Waals surface area contributed by atoms with Crippen molar-refractivity contribution in [3.8, 4) is 0 Å². The van der Waals surface area contributed by atoms with E-state index in [9.17, 15) is 14.7 Å². The van der Waals surface area contributed by atoms with Crippen molar-refractivity contribution in [1.29, 1.82) is 0 Å². The van der Waals surface area contributed by atoms with Gasteiger partial charge in [0.15, 0.2) is 11.6 Å². The highest BCUT2D eigenvalue weighted by Crippen LogP contribution is 2.30. The quantitative estimate of drug-likeness (QED) is 0.845. The number of aromatic nitrogens is 2. The molecule has 0 unspecified atom stereocenters. The Labute approximate surface area is 150 Å². The second kappa shape index (κ2) is 6.05. The van der Waals surface area contributed by atoms with Gasteiger partial charge >= 0.3 is 5.97 Å². The second-order valence-electron chi connectivity index (χ2n) is 7.79. The van der Waals surface area contributed by atoms with Crippen LogP contribution in [0.4, 0.5) is 10.2 Å². The molecule has 0 radical (unpaired) electrons. The fraction of sp³-hybridized carbons (Fsp3) is 0.500. The van der Waals surface area contributed by atoms with Crippen LogP contribution in [0, 0.1) is 12.7 Å². The van der Waals surface area contributed by atoms with Crippen LogP contribution >= 0.6 is 0 Å². The van der Waals surface area contributed by atoms with Crippen LogP contribution in [-0.4, -0.2) is 39.8 Å². The highest BCUT2D eigenvalue weighted by Gasteiger charge is 2.29. The standard InChI is InChI=1S/C18H23FN4O3/c1-9-12-14(24)11(17(25)26)8-23(18(2,3)4)15(12)21-16(13(9)19)22-6-5-10(20)7-22/h8,10H,5-7,20H2,1-4H3,(H,25,26)/t10-/m0/s1. The first kappa shape index (κ1) is 18.3. The first-order valence-corrected chi connectivity index (χ1v) is 8.52. The normalized spacial score (nSPS) is 17.9. The van der Waals surface area contributed by atoms with Crippen molar-refractivity contribution in [1.82, 2.24) is 9.55 Å². The Balaban J connectivity index is 2.41. The van der Waals surface area contributed by atoms with E-state index in [4.69, 9.17) is 5.73 Å². The monoisotopic (exact) mass is 362 g/mol. The summed E-state index contributed by atoms with van der Waals surface area (Å²) in [5, 5.41) is 9.39. The molecule has 1 atom stereocenters. The molecule has 1 aliphatic rings. The van der Waals surface area contributed by atoms with Crippen LogP contribution in [0.5, 0.6) is 0 Å². The molecular weight excluding hydrogens is 339 g/mol. The summed E-state index contributed by atoms with van der Waals surface area (Å²) in [5.41, 5.74) is 4.65. The van der Waals surface area contributed by atoms with Gasteiger partial charge in [-0.25, -0.2) is 14.2 Å². The van der Waals surface area contributed by atoms with Crippen molar-refractivity contribution in [3.63, 3.8) is 0 Å². The molecular formula is C18H23FN4O3. The number of aromatic carboxylic acids is 1. The number of fused-ring (bicyclic) bond motifs is 1. The first-order chi connectivity index (χ1) is 12.0. The molecule has 3 rings (SSSR count). The van der Waals surface area contributed by atoms with Crippen molar-refractivity contribution in [2.24, 2.45) is 5.73 Å². The molecule has 2 aromatic rings. The average molecular weight is 362 g/mol. The first-order valence-electron chi connectivity index (χ1n) is 8.52. The zero-order valence-corrected chi connectivity index (χ0v) is 15.3. The molecule has 0 bridgehead atoms. The molecule has 0 spiro atoms. The van der Waals surface area contributed by atoms with Gasteiger partial charge in [0.1, 0.15) is 11.2 Å². The average Bonchev–Trinajstić information content (AvgIpc) is 2.95. The Morgan fingerprint density at radius 3 is 2.58 bits per heavy atom. The minimum Gasteiger partial charge on any atom is -0.477 e. The van der Waals surface area contributed by atoms with Crippen molar-refractivity contribution in [2.45, 2.75) is 45.7 Å². The number of carboxylic acids is 1. The maximum atomic E-state index is 15.0. The van der Waals surface area contributed by atoms with Crippen LogP contribution in [0.3, 0.4) is 0 Å². The van der Waals surface area contributed by atoms with Gasteiger partial charge in [0.25, 0.3) is 0 Å². The van der Waals surface area contributed by atoms with Crippen LogP contribution in [0.2, 0.25) is 0 Å². The van der Waals surface area contributed by atoms with Gasteiger partial charge in [0.2, 0.25) is 5.43 Å². The highest BCUT2D eigenvalue weighted by atomic mass is 19.1. The summed E-state index contributed by atoms with van der Waals surface area (Å²) in [6.07, 6.45) is 2.03. The summed E-state index contributed by atoms with van der Waals surface area (Å²) in [6.45, 7) is 8.17. The minimum absolute atomic E-state index is 0.00423. The molecule has 26 heavy (non-hydrogen) atoms. The van der Waals surface area contributed by atoms with Crippen LogP contribution in [0.25, 0.3) is 11.0 Å². The number of hydrogen-bond acceptors (Lipinski definition) is 5. The van der Waals surface area contributed by atoms with Crippen LogP contribution in [0.1, 0.15) is 43.1 Å². The molecule has 0 aromatic carbocycles. The molecule has 1 fully saturated rings. The van der Waals surface area contributed by atoms with Gasteiger partial charge in [0, 0.05) is 36.4 Å². The molecule has 3 N–H and O–H groups in total. The molecule has 0 aliphatic carbocycles. The van der Waals surface area contributed by atoms with E-state index in [0.717, 1.165) is 6.42 Å². The predicted octanol–water partition coefficient (Wildman–Crippen LogP) is 1.83. The molecule has 7 nitrogen and oxygen atoms in total. The summed E-state index contributed by atoms with van der Waals surface area (Å²) >= 11 is 0. The SMILES string of the molecule is Cc1c(F)c(N2CC[C@H](N)C2)nc2c1c(=O)c(C(=O)O)cn2C(C)(C)C. The second-order valence-corrected chi connectivity index (χ2v) is 7.79. The van der Waals surface area contributed by atoms with E-state index in [-0.39, 0.29) is 28.5 Å².